The van der Waals surface area contributed by atoms with Crippen molar-refractivity contribution >= 4 is 18.1 Å². The van der Waals surface area contributed by atoms with Crippen LogP contribution in [0.4, 0.5) is 0 Å². The van der Waals surface area contributed by atoms with Gasteiger partial charge in [0.1, 0.15) is 22.7 Å². The second-order valence-corrected chi connectivity index (χ2v) is 9.07. The third-order valence-electron chi connectivity index (χ3n) is 3.42. The predicted octanol–water partition coefficient (Wildman–Crippen LogP) is 7.45. The van der Waals surface area contributed by atoms with Gasteiger partial charge in [0, 0.05) is 5.57 Å². The Morgan fingerprint density at radius 2 is 1.22 bits per heavy atom. The molecule has 174 valence electrons. The van der Waals surface area contributed by atoms with E-state index in [4.69, 9.17) is 14.6 Å². The van der Waals surface area contributed by atoms with Crippen molar-refractivity contribution in [3.63, 3.8) is 0 Å². The van der Waals surface area contributed by atoms with Crippen molar-refractivity contribution in [3.8, 4) is 11.5 Å². The van der Waals surface area contributed by atoms with Gasteiger partial charge in [0.15, 0.2) is 0 Å². The Labute approximate surface area is 193 Å². The van der Waals surface area contributed by atoms with Crippen molar-refractivity contribution in [1.82, 2.24) is 0 Å². The third kappa shape index (κ3) is 14.7. The van der Waals surface area contributed by atoms with Crippen LogP contribution in [0.2, 0.25) is 0 Å². The summed E-state index contributed by atoms with van der Waals surface area (Å²) < 4.78 is 10.6. The van der Waals surface area contributed by atoms with Gasteiger partial charge in [-0.05, 0) is 83.9 Å². The van der Waals surface area contributed by atoms with Crippen LogP contribution in [0, 0.1) is 0 Å². The molecule has 2 rings (SSSR count). The van der Waals surface area contributed by atoms with Crippen molar-refractivity contribution in [3.05, 3.63) is 85.0 Å². The summed E-state index contributed by atoms with van der Waals surface area (Å²) in [7, 11) is 0. The van der Waals surface area contributed by atoms with Crippen LogP contribution in [0.1, 0.15) is 59.6 Å². The molecule has 0 saturated carbocycles. The average molecular weight is 439 g/mol. The Balaban J connectivity index is 0.000000460. The number of phenolic OH excluding ortho intramolecular Hbond substituents is 1. The third-order valence-corrected chi connectivity index (χ3v) is 3.42. The molecule has 0 amide bonds. The van der Waals surface area contributed by atoms with Gasteiger partial charge in [-0.1, -0.05) is 56.2 Å². The minimum absolute atomic E-state index is 0.129. The molecule has 0 radical (unpaired) electrons. The SMILES string of the molecule is C=C(C)C(=O)OC(C)(C)C.C=Cc1ccc(O)cc1.C=Cc1ccc(OC(C)(C)C)cc1. The van der Waals surface area contributed by atoms with Gasteiger partial charge in [-0.2, -0.15) is 0 Å². The second kappa shape index (κ2) is 13.2. The zero-order chi connectivity index (χ0) is 24.9. The molecular weight excluding hydrogens is 400 g/mol. The van der Waals surface area contributed by atoms with Crippen LogP contribution in [0.25, 0.3) is 12.2 Å². The first-order valence-corrected chi connectivity index (χ1v) is 10.4. The summed E-state index contributed by atoms with van der Waals surface area (Å²) in [5.41, 5.74) is 2.04. The van der Waals surface area contributed by atoms with Gasteiger partial charge in [0.2, 0.25) is 0 Å². The highest BCUT2D eigenvalue weighted by atomic mass is 16.6. The summed E-state index contributed by atoms with van der Waals surface area (Å²) in [6, 6.07) is 14.8. The Morgan fingerprint density at radius 3 is 1.50 bits per heavy atom. The van der Waals surface area contributed by atoms with Crippen LogP contribution in [0.3, 0.4) is 0 Å². The molecule has 0 saturated heterocycles. The molecule has 2 aromatic carbocycles. The van der Waals surface area contributed by atoms with Crippen molar-refractivity contribution in [2.45, 2.75) is 59.7 Å². The molecule has 32 heavy (non-hydrogen) atoms. The molecule has 0 aromatic heterocycles. The van der Waals surface area contributed by atoms with Gasteiger partial charge in [-0.25, -0.2) is 4.79 Å². The number of hydrogen-bond donors (Lipinski definition) is 1. The lowest BCUT2D eigenvalue weighted by molar-refractivity contribution is -0.149. The van der Waals surface area contributed by atoms with Gasteiger partial charge in [0.05, 0.1) is 0 Å². The molecule has 0 heterocycles. The number of carbonyl (C=O) groups excluding carboxylic acids is 1. The molecule has 4 nitrogen and oxygen atoms in total. The smallest absolute Gasteiger partial charge is 0.333 e. The fourth-order valence-electron chi connectivity index (χ4n) is 2.00. The molecule has 0 aliphatic rings. The number of rotatable bonds is 4. The first kappa shape index (κ1) is 28.7. The number of hydrogen-bond acceptors (Lipinski definition) is 4. The highest BCUT2D eigenvalue weighted by Gasteiger charge is 2.15. The molecular formula is C28H38O4. The highest BCUT2D eigenvalue weighted by Crippen LogP contribution is 2.18. The van der Waals surface area contributed by atoms with Crippen molar-refractivity contribution < 1.29 is 19.4 Å². The van der Waals surface area contributed by atoms with Crippen LogP contribution in [0.15, 0.2) is 73.8 Å². The van der Waals surface area contributed by atoms with E-state index in [0.717, 1.165) is 16.9 Å². The first-order valence-electron chi connectivity index (χ1n) is 10.4. The maximum atomic E-state index is 10.8. The molecule has 0 spiro atoms. The Hall–Kier alpha value is -3.27. The van der Waals surface area contributed by atoms with E-state index in [9.17, 15) is 4.79 Å². The fraction of sp³-hybridized carbons (Fsp3) is 0.321. The number of aromatic hydroxyl groups is 1. The topological polar surface area (TPSA) is 55.8 Å². The standard InChI is InChI=1S/C12H16O.C8H14O2.C8H8O/c1-5-10-6-8-11(9-7-10)13-12(2,3)4;1-6(2)7(9)10-8(3,4)5;1-2-7-3-5-8(9)6-4-7/h5-9H,1H2,2-4H3;1H2,2-5H3;2-6,9H,1H2. The minimum Gasteiger partial charge on any atom is -0.508 e. The van der Waals surface area contributed by atoms with Crippen LogP contribution in [0.5, 0.6) is 11.5 Å². The van der Waals surface area contributed by atoms with E-state index in [-0.39, 0.29) is 11.6 Å². The van der Waals surface area contributed by atoms with Crippen molar-refractivity contribution in [2.24, 2.45) is 0 Å². The molecule has 0 unspecified atom stereocenters. The van der Waals surface area contributed by atoms with Crippen LogP contribution in [-0.4, -0.2) is 22.3 Å². The number of phenols is 1. The molecule has 0 fully saturated rings. The van der Waals surface area contributed by atoms with Crippen molar-refractivity contribution in [1.29, 1.82) is 0 Å². The first-order chi connectivity index (χ1) is 14.7. The molecule has 0 atom stereocenters. The molecule has 2 aromatic rings. The summed E-state index contributed by atoms with van der Waals surface area (Å²) in [5.74, 6) is 0.867. The lowest BCUT2D eigenvalue weighted by atomic mass is 10.2. The molecule has 1 N–H and O–H groups in total. The van der Waals surface area contributed by atoms with E-state index < -0.39 is 5.60 Å². The number of carbonyl (C=O) groups is 1. The molecule has 0 aliphatic carbocycles. The maximum absolute atomic E-state index is 10.8. The zero-order valence-electron chi connectivity index (χ0n) is 20.6. The van der Waals surface area contributed by atoms with Gasteiger partial charge in [0.25, 0.3) is 0 Å². The van der Waals surface area contributed by atoms with E-state index in [0.29, 0.717) is 11.3 Å². The lowest BCUT2D eigenvalue weighted by Gasteiger charge is -2.21. The molecule has 0 aliphatic heterocycles. The predicted molar refractivity (Wildman–Crippen MR) is 136 cm³/mol. The summed E-state index contributed by atoms with van der Waals surface area (Å²) in [6.07, 6.45) is 3.56. The van der Waals surface area contributed by atoms with Gasteiger partial charge in [-0.3, -0.25) is 0 Å². The summed E-state index contributed by atoms with van der Waals surface area (Å²) in [6.45, 7) is 24.0. The number of esters is 1. The molecule has 0 bridgehead atoms. The summed E-state index contributed by atoms with van der Waals surface area (Å²) in [5, 5.41) is 8.82. The van der Waals surface area contributed by atoms with Crippen LogP contribution >= 0.6 is 0 Å². The van der Waals surface area contributed by atoms with E-state index in [1.165, 1.54) is 0 Å². The fourth-order valence-corrected chi connectivity index (χ4v) is 2.00. The summed E-state index contributed by atoms with van der Waals surface area (Å²) >= 11 is 0. The van der Waals surface area contributed by atoms with Crippen LogP contribution in [-0.2, 0) is 9.53 Å². The summed E-state index contributed by atoms with van der Waals surface area (Å²) in [4.78, 5) is 10.8. The Bertz CT molecular complexity index is 862. The highest BCUT2D eigenvalue weighted by molar-refractivity contribution is 5.87. The van der Waals surface area contributed by atoms with Gasteiger partial charge in [-0.15, -0.1) is 0 Å². The zero-order valence-corrected chi connectivity index (χ0v) is 20.6. The molecule has 4 heteroatoms. The Morgan fingerprint density at radius 1 is 0.812 bits per heavy atom. The van der Waals surface area contributed by atoms with Gasteiger partial charge < -0.3 is 14.6 Å². The van der Waals surface area contributed by atoms with E-state index in [1.54, 1.807) is 25.1 Å². The van der Waals surface area contributed by atoms with E-state index >= 15 is 0 Å². The Kier molecular flexibility index (Phi) is 11.9. The normalized spacial score (nSPS) is 10.3. The number of ether oxygens (including phenoxy) is 2. The lowest BCUT2D eigenvalue weighted by Crippen LogP contribution is -2.23. The van der Waals surface area contributed by atoms with Crippen LogP contribution < -0.4 is 4.74 Å². The van der Waals surface area contributed by atoms with Gasteiger partial charge >= 0.3 is 5.97 Å². The maximum Gasteiger partial charge on any atom is 0.333 e. The van der Waals surface area contributed by atoms with E-state index in [1.807, 2.05) is 84.0 Å². The monoisotopic (exact) mass is 438 g/mol. The average Bonchev–Trinajstić information content (AvgIpc) is 2.68. The van der Waals surface area contributed by atoms with E-state index in [2.05, 4.69) is 19.7 Å². The minimum atomic E-state index is -0.407. The number of benzene rings is 2. The van der Waals surface area contributed by atoms with Crippen molar-refractivity contribution in [2.75, 3.05) is 0 Å². The quantitative estimate of drug-likeness (QED) is 0.398. The largest absolute Gasteiger partial charge is 0.508 e. The second-order valence-electron chi connectivity index (χ2n) is 9.07.